The molecule has 0 aliphatic rings. The van der Waals surface area contributed by atoms with Crippen molar-refractivity contribution in [3.8, 4) is 0 Å². The van der Waals surface area contributed by atoms with Crippen molar-refractivity contribution < 1.29 is 34.2 Å². The number of aliphatic hydroxyl groups excluding tert-OH is 3. The van der Waals surface area contributed by atoms with Gasteiger partial charge in [-0.2, -0.15) is 0 Å². The molecular weight excluding hydrogens is 639 g/mol. The zero-order valence-corrected chi connectivity index (χ0v) is 30.7. The highest BCUT2D eigenvalue weighted by atomic mass is 31.2. The Labute approximate surface area is 298 Å². The zero-order chi connectivity index (χ0) is 35.7. The summed E-state index contributed by atoms with van der Waals surface area (Å²) in [5, 5.41) is 27.8. The van der Waals surface area contributed by atoms with E-state index in [4.69, 9.17) is 21.3 Å². The van der Waals surface area contributed by atoms with Gasteiger partial charge >= 0.3 is 7.82 Å². The highest BCUT2D eigenvalue weighted by Gasteiger charge is 2.28. The molecule has 284 valence electrons. The van der Waals surface area contributed by atoms with Crippen LogP contribution >= 0.6 is 7.82 Å². The quantitative estimate of drug-likeness (QED) is 0.0394. The van der Waals surface area contributed by atoms with Gasteiger partial charge in [0.2, 0.25) is 0 Å². The van der Waals surface area contributed by atoms with Crippen LogP contribution in [0, 0.1) is 0 Å². The summed E-state index contributed by atoms with van der Waals surface area (Å²) in [7, 11) is -4.59. The lowest BCUT2D eigenvalue weighted by Crippen LogP contribution is -2.48. The van der Waals surface area contributed by atoms with Gasteiger partial charge in [-0.05, 0) is 73.6 Å². The molecule has 9 nitrogen and oxygen atoms in total. The second-order valence-corrected chi connectivity index (χ2v) is 14.9. The van der Waals surface area contributed by atoms with Gasteiger partial charge < -0.3 is 36.6 Å². The van der Waals surface area contributed by atoms with Gasteiger partial charge in [-0.15, -0.1) is 0 Å². The van der Waals surface area contributed by atoms with E-state index in [-0.39, 0.29) is 27.2 Å². The van der Waals surface area contributed by atoms with Gasteiger partial charge in [0.15, 0.2) is 0 Å². The molecule has 9 N–H and O–H groups in total. The number of aryl methyl sites for hydroxylation is 4. The maximum absolute atomic E-state index is 10.8. The summed E-state index contributed by atoms with van der Waals surface area (Å²) in [5.41, 5.74) is 14.8. The minimum Gasteiger partial charge on any atom is -0.394 e. The summed E-state index contributed by atoms with van der Waals surface area (Å²) >= 11 is 0. The molecule has 0 radical (unpaired) electrons. The SMILES string of the molecule is C.CCCCCCCCc1ccc(CCC(N)(CO)CO)cc1.CCCCCCCCc1ccc(CCC(N)(CO)COP(=O)(O)O)cc1. The molecule has 2 aromatic carbocycles. The maximum atomic E-state index is 10.8. The van der Waals surface area contributed by atoms with Crippen LogP contribution in [0.5, 0.6) is 0 Å². The van der Waals surface area contributed by atoms with Crippen molar-refractivity contribution in [2.24, 2.45) is 11.5 Å². The van der Waals surface area contributed by atoms with Gasteiger partial charge in [-0.25, -0.2) is 4.57 Å². The predicted octanol–water partition coefficient (Wildman–Crippen LogP) is 7.16. The molecule has 0 saturated carbocycles. The van der Waals surface area contributed by atoms with Crippen molar-refractivity contribution in [3.05, 3.63) is 70.8 Å². The van der Waals surface area contributed by atoms with E-state index in [0.29, 0.717) is 19.3 Å². The van der Waals surface area contributed by atoms with E-state index in [1.807, 2.05) is 12.1 Å². The third-order valence-electron chi connectivity index (χ3n) is 8.97. The average Bonchev–Trinajstić information content (AvgIpc) is 3.09. The van der Waals surface area contributed by atoms with E-state index in [9.17, 15) is 19.9 Å². The third-order valence-corrected chi connectivity index (χ3v) is 9.44. The number of rotatable bonds is 26. The summed E-state index contributed by atoms with van der Waals surface area (Å²) in [6.45, 7) is 3.32. The Morgan fingerprint density at radius 3 is 1.18 bits per heavy atom. The van der Waals surface area contributed by atoms with Crippen molar-refractivity contribution in [2.75, 3.05) is 26.4 Å². The monoisotopic (exact) mass is 710 g/mol. The molecule has 0 fully saturated rings. The number of hydrogen-bond donors (Lipinski definition) is 7. The molecule has 0 aromatic heterocycles. The minimum atomic E-state index is -4.59. The first kappa shape index (κ1) is 47.4. The molecule has 0 spiro atoms. The van der Waals surface area contributed by atoms with Crippen molar-refractivity contribution in [3.63, 3.8) is 0 Å². The molecule has 49 heavy (non-hydrogen) atoms. The molecule has 0 aliphatic heterocycles. The number of phosphoric acid groups is 1. The molecule has 2 aromatic rings. The molecule has 0 aliphatic carbocycles. The normalized spacial score (nSPS) is 12.9. The first-order valence-corrected chi connectivity index (χ1v) is 19.7. The van der Waals surface area contributed by atoms with E-state index >= 15 is 0 Å². The van der Waals surface area contributed by atoms with Gasteiger partial charge in [0.05, 0.1) is 37.5 Å². The minimum absolute atomic E-state index is 0. The highest BCUT2D eigenvalue weighted by molar-refractivity contribution is 7.46. The Morgan fingerprint density at radius 2 is 0.857 bits per heavy atom. The fourth-order valence-corrected chi connectivity index (χ4v) is 5.79. The second-order valence-electron chi connectivity index (χ2n) is 13.6. The molecular formula is C39H71N2O7P. The second kappa shape index (κ2) is 27.1. The standard InChI is InChI=1S/C19H34NO5P.C19H33NO2.CH4/c1-2-3-4-5-6-7-8-17-9-11-18(12-10-17)13-14-19(20,15-21)16-25-26(22,23)24;1-2-3-4-5-6-7-8-17-9-11-18(12-10-17)13-14-19(20,15-21)16-22;/h9-12,21H,2-8,13-16,20H2,1H3,(H2,22,23,24);9-12,21-22H,2-8,13-16,20H2,1H3;1H4. The van der Waals surface area contributed by atoms with Crippen LogP contribution in [0.25, 0.3) is 0 Å². The summed E-state index contributed by atoms with van der Waals surface area (Å²) < 4.78 is 15.3. The third kappa shape index (κ3) is 23.5. The lowest BCUT2D eigenvalue weighted by molar-refractivity contribution is 0.102. The first-order valence-electron chi connectivity index (χ1n) is 18.2. The molecule has 1 atom stereocenters. The van der Waals surface area contributed by atoms with E-state index in [0.717, 1.165) is 24.8 Å². The van der Waals surface area contributed by atoms with Crippen LogP contribution in [-0.2, 0) is 34.8 Å². The molecule has 0 saturated heterocycles. The van der Waals surface area contributed by atoms with E-state index < -0.39 is 25.5 Å². The summed E-state index contributed by atoms with van der Waals surface area (Å²) in [6.07, 6.45) is 20.3. The Morgan fingerprint density at radius 1 is 0.551 bits per heavy atom. The Bertz CT molecular complexity index is 1110. The van der Waals surface area contributed by atoms with Gasteiger partial charge in [0.25, 0.3) is 0 Å². The Balaban J connectivity index is 0.000000934. The number of benzene rings is 2. The molecule has 10 heteroatoms. The van der Waals surface area contributed by atoms with E-state index in [1.165, 1.54) is 93.7 Å². The molecule has 0 heterocycles. The van der Waals surface area contributed by atoms with Gasteiger partial charge in [-0.3, -0.25) is 4.52 Å². The lowest BCUT2D eigenvalue weighted by Gasteiger charge is -2.27. The first-order chi connectivity index (χ1) is 22.9. The fourth-order valence-electron chi connectivity index (χ4n) is 5.37. The van der Waals surface area contributed by atoms with Gasteiger partial charge in [0, 0.05) is 0 Å². The van der Waals surface area contributed by atoms with Crippen molar-refractivity contribution >= 4 is 7.82 Å². The zero-order valence-electron chi connectivity index (χ0n) is 29.8. The van der Waals surface area contributed by atoms with Crippen LogP contribution < -0.4 is 11.5 Å². The molecule has 1 unspecified atom stereocenters. The highest BCUT2D eigenvalue weighted by Crippen LogP contribution is 2.37. The van der Waals surface area contributed by atoms with E-state index in [1.54, 1.807) is 0 Å². The molecule has 0 amide bonds. The Hall–Kier alpha value is -1.65. The maximum Gasteiger partial charge on any atom is 0.469 e. The number of unbranched alkanes of at least 4 members (excludes halogenated alkanes) is 10. The largest absolute Gasteiger partial charge is 0.469 e. The van der Waals surface area contributed by atoms with E-state index in [2.05, 4.69) is 54.8 Å². The average molecular weight is 711 g/mol. The number of phosphoric ester groups is 1. The fraction of sp³-hybridized carbons (Fsp3) is 0.692. The van der Waals surface area contributed by atoms with Crippen LogP contribution in [0.1, 0.15) is 133 Å². The molecule has 0 bridgehead atoms. The smallest absolute Gasteiger partial charge is 0.394 e. The van der Waals surface area contributed by atoms with Gasteiger partial charge in [-0.1, -0.05) is 134 Å². The lowest BCUT2D eigenvalue weighted by atomic mass is 9.93. The predicted molar refractivity (Wildman–Crippen MR) is 204 cm³/mol. The molecule has 2 rings (SSSR count). The number of aliphatic hydroxyl groups is 3. The van der Waals surface area contributed by atoms with Crippen LogP contribution in [0.2, 0.25) is 0 Å². The topological polar surface area (TPSA) is 179 Å². The van der Waals surface area contributed by atoms with Crippen molar-refractivity contribution in [2.45, 2.75) is 148 Å². The van der Waals surface area contributed by atoms with Gasteiger partial charge in [0.1, 0.15) is 0 Å². The van der Waals surface area contributed by atoms with Crippen LogP contribution in [0.3, 0.4) is 0 Å². The van der Waals surface area contributed by atoms with Crippen LogP contribution in [-0.4, -0.2) is 62.6 Å². The summed E-state index contributed by atoms with van der Waals surface area (Å²) in [5.74, 6) is 0. The number of nitrogens with two attached hydrogens (primary N) is 2. The van der Waals surface area contributed by atoms with Crippen LogP contribution in [0.15, 0.2) is 48.5 Å². The Kier molecular flexibility index (Phi) is 26.2. The summed E-state index contributed by atoms with van der Waals surface area (Å²) in [6, 6.07) is 17.0. The summed E-state index contributed by atoms with van der Waals surface area (Å²) in [4.78, 5) is 17.6. The van der Waals surface area contributed by atoms with Crippen molar-refractivity contribution in [1.29, 1.82) is 0 Å². The number of hydrogen-bond acceptors (Lipinski definition) is 7. The van der Waals surface area contributed by atoms with Crippen LogP contribution in [0.4, 0.5) is 0 Å². The van der Waals surface area contributed by atoms with Crippen molar-refractivity contribution in [1.82, 2.24) is 0 Å².